The Balaban J connectivity index is 1.70. The minimum absolute atomic E-state index is 0.0745. The number of hydrogen-bond acceptors (Lipinski definition) is 4. The number of nitrogens with one attached hydrogen (secondary N) is 1. The second-order valence-electron chi connectivity index (χ2n) is 6.95. The van der Waals surface area contributed by atoms with Gasteiger partial charge in [-0.05, 0) is 49.6 Å². The Morgan fingerprint density at radius 3 is 2.76 bits per heavy atom. The number of amides is 2. The predicted octanol–water partition coefficient (Wildman–Crippen LogP) is 4.22. The van der Waals surface area contributed by atoms with Gasteiger partial charge in [0.2, 0.25) is 5.91 Å². The topological polar surface area (TPSA) is 82.0 Å². The number of carbonyl (C=O) groups is 2. The van der Waals surface area contributed by atoms with Crippen LogP contribution in [0.1, 0.15) is 34.3 Å². The van der Waals surface area contributed by atoms with Crippen LogP contribution in [0.25, 0.3) is 0 Å². The Labute approximate surface area is 182 Å². The van der Waals surface area contributed by atoms with E-state index in [1.54, 1.807) is 41.3 Å². The second kappa shape index (κ2) is 9.41. The van der Waals surface area contributed by atoms with Gasteiger partial charge in [-0.15, -0.1) is 0 Å². The first kappa shape index (κ1) is 21.3. The molecule has 1 atom stereocenters. The molecule has 0 aliphatic carbocycles. The largest absolute Gasteiger partial charge is 0.409 e. The quantitative estimate of drug-likeness (QED) is 0.300. The van der Waals surface area contributed by atoms with Crippen molar-refractivity contribution < 1.29 is 14.8 Å². The molecule has 0 aromatic heterocycles. The van der Waals surface area contributed by atoms with Crippen LogP contribution in [0.5, 0.6) is 0 Å². The Morgan fingerprint density at radius 2 is 2.03 bits per heavy atom. The Hall–Kier alpha value is -2.38. The molecule has 0 saturated carbocycles. The normalized spacial score (nSPS) is 17.1. The van der Waals surface area contributed by atoms with Crippen LogP contribution in [-0.4, -0.2) is 40.8 Å². The van der Waals surface area contributed by atoms with Gasteiger partial charge in [0, 0.05) is 33.7 Å². The summed E-state index contributed by atoms with van der Waals surface area (Å²) in [5.74, 6) is -0.731. The lowest BCUT2D eigenvalue weighted by molar-refractivity contribution is -0.124. The highest BCUT2D eigenvalue weighted by atomic mass is 79.9. The number of nitrogens with zero attached hydrogens (tertiary/aromatic N) is 2. The summed E-state index contributed by atoms with van der Waals surface area (Å²) >= 11 is 9.50. The van der Waals surface area contributed by atoms with Crippen molar-refractivity contribution in [3.8, 4) is 0 Å². The fourth-order valence-corrected chi connectivity index (χ4v) is 3.97. The zero-order valence-electron chi connectivity index (χ0n) is 15.9. The van der Waals surface area contributed by atoms with E-state index in [1.807, 2.05) is 13.0 Å². The van der Waals surface area contributed by atoms with Crippen LogP contribution >= 0.6 is 27.5 Å². The summed E-state index contributed by atoms with van der Waals surface area (Å²) < 4.78 is 0.803. The molecule has 1 heterocycles. The third-order valence-corrected chi connectivity index (χ3v) is 5.92. The van der Waals surface area contributed by atoms with Gasteiger partial charge in [-0.1, -0.05) is 50.9 Å². The minimum atomic E-state index is -0.393. The summed E-state index contributed by atoms with van der Waals surface area (Å²) in [7, 11) is 0. The van der Waals surface area contributed by atoms with E-state index in [1.165, 1.54) is 0 Å². The first-order chi connectivity index (χ1) is 13.9. The van der Waals surface area contributed by atoms with Crippen molar-refractivity contribution in [2.24, 2.45) is 11.1 Å². The third-order valence-electron chi connectivity index (χ3n) is 5.02. The molecule has 2 aromatic carbocycles. The molecule has 0 radical (unpaired) electrons. The molecule has 0 bridgehead atoms. The molecule has 2 amide bonds. The number of amidine groups is 1. The fraction of sp³-hybridized carbons (Fsp3) is 0.286. The van der Waals surface area contributed by atoms with Crippen LogP contribution in [0.4, 0.5) is 0 Å². The number of rotatable bonds is 3. The van der Waals surface area contributed by atoms with Crippen LogP contribution in [0.15, 0.2) is 52.1 Å². The number of likely N-dealkylation sites (tertiary alicyclic amines) is 1. The molecule has 2 aromatic rings. The van der Waals surface area contributed by atoms with Crippen LogP contribution in [0, 0.1) is 12.8 Å². The van der Waals surface area contributed by atoms with Crippen molar-refractivity contribution in [3.63, 3.8) is 0 Å². The molecular weight excluding hydrogens is 458 g/mol. The summed E-state index contributed by atoms with van der Waals surface area (Å²) in [5.41, 5.74) is 1.86. The predicted molar refractivity (Wildman–Crippen MR) is 115 cm³/mol. The smallest absolute Gasteiger partial charge is 0.254 e. The Bertz CT molecular complexity index is 964. The Kier molecular flexibility index (Phi) is 6.92. The SMILES string of the molecule is Cc1c(Cl)cccc1C(=O)N1CCC[C@H](C(=O)N/C(=N\O)c2cccc(Br)c2)C1. The first-order valence-corrected chi connectivity index (χ1v) is 10.4. The van der Waals surface area contributed by atoms with E-state index >= 15 is 0 Å². The second-order valence-corrected chi connectivity index (χ2v) is 8.27. The number of carbonyl (C=O) groups excluding carboxylic acids is 2. The van der Waals surface area contributed by atoms with E-state index in [4.69, 9.17) is 11.6 Å². The number of hydrogen-bond donors (Lipinski definition) is 2. The average molecular weight is 479 g/mol. The molecule has 0 spiro atoms. The van der Waals surface area contributed by atoms with Gasteiger partial charge >= 0.3 is 0 Å². The van der Waals surface area contributed by atoms with Crippen molar-refractivity contribution in [2.45, 2.75) is 19.8 Å². The average Bonchev–Trinajstić information content (AvgIpc) is 2.73. The standard InChI is InChI=1S/C21H21BrClN3O3/c1-13-17(8-3-9-18(13)23)21(28)26-10-4-6-15(12-26)20(27)24-19(25-29)14-5-2-7-16(22)11-14/h2-3,5,7-9,11,15,29H,4,6,10,12H2,1H3,(H,24,25,27)/t15-/m0/s1. The maximum atomic E-state index is 12.9. The van der Waals surface area contributed by atoms with E-state index in [2.05, 4.69) is 26.4 Å². The first-order valence-electron chi connectivity index (χ1n) is 9.24. The molecular formula is C21H21BrClN3O3. The molecule has 3 rings (SSSR count). The van der Waals surface area contributed by atoms with Gasteiger partial charge in [0.15, 0.2) is 5.84 Å². The Morgan fingerprint density at radius 1 is 1.28 bits per heavy atom. The summed E-state index contributed by atoms with van der Waals surface area (Å²) in [6.07, 6.45) is 1.37. The minimum Gasteiger partial charge on any atom is -0.409 e. The molecule has 8 heteroatoms. The van der Waals surface area contributed by atoms with Gasteiger partial charge in [-0.3, -0.25) is 9.59 Å². The van der Waals surface area contributed by atoms with E-state index in [-0.39, 0.29) is 17.6 Å². The summed E-state index contributed by atoms with van der Waals surface area (Å²) in [6, 6.07) is 12.3. The summed E-state index contributed by atoms with van der Waals surface area (Å²) in [5, 5.41) is 15.8. The van der Waals surface area contributed by atoms with E-state index in [0.717, 1.165) is 10.0 Å². The maximum absolute atomic E-state index is 12.9. The monoisotopic (exact) mass is 477 g/mol. The number of oxime groups is 1. The number of halogens is 2. The molecule has 0 unspecified atom stereocenters. The molecule has 1 aliphatic rings. The van der Waals surface area contributed by atoms with E-state index < -0.39 is 5.92 Å². The number of piperidine rings is 1. The van der Waals surface area contributed by atoms with Gasteiger partial charge < -0.3 is 15.4 Å². The zero-order valence-corrected chi connectivity index (χ0v) is 18.2. The van der Waals surface area contributed by atoms with E-state index in [0.29, 0.717) is 42.1 Å². The zero-order chi connectivity index (χ0) is 21.0. The highest BCUT2D eigenvalue weighted by Gasteiger charge is 2.30. The van der Waals surface area contributed by atoms with Gasteiger partial charge in [0.25, 0.3) is 5.91 Å². The molecule has 29 heavy (non-hydrogen) atoms. The maximum Gasteiger partial charge on any atom is 0.254 e. The summed E-state index contributed by atoms with van der Waals surface area (Å²) in [4.78, 5) is 27.4. The highest BCUT2D eigenvalue weighted by Crippen LogP contribution is 2.24. The van der Waals surface area contributed by atoms with Crippen molar-refractivity contribution in [1.82, 2.24) is 10.2 Å². The molecule has 1 fully saturated rings. The highest BCUT2D eigenvalue weighted by molar-refractivity contribution is 9.10. The van der Waals surface area contributed by atoms with Crippen LogP contribution in [0.3, 0.4) is 0 Å². The van der Waals surface area contributed by atoms with Crippen LogP contribution in [-0.2, 0) is 4.79 Å². The van der Waals surface area contributed by atoms with Gasteiger partial charge in [-0.2, -0.15) is 0 Å². The number of benzene rings is 2. The molecule has 6 nitrogen and oxygen atoms in total. The molecule has 1 saturated heterocycles. The molecule has 1 aliphatic heterocycles. The van der Waals surface area contributed by atoms with Gasteiger partial charge in [0.05, 0.1) is 5.92 Å². The fourth-order valence-electron chi connectivity index (χ4n) is 3.39. The lowest BCUT2D eigenvalue weighted by Crippen LogP contribution is -2.47. The lowest BCUT2D eigenvalue weighted by atomic mass is 9.95. The van der Waals surface area contributed by atoms with Crippen LogP contribution < -0.4 is 5.32 Å². The van der Waals surface area contributed by atoms with Crippen molar-refractivity contribution in [3.05, 3.63) is 68.7 Å². The third kappa shape index (κ3) is 4.97. The molecule has 152 valence electrons. The summed E-state index contributed by atoms with van der Waals surface area (Å²) in [6.45, 7) is 2.70. The molecule has 2 N–H and O–H groups in total. The van der Waals surface area contributed by atoms with Crippen LogP contribution in [0.2, 0.25) is 5.02 Å². The van der Waals surface area contributed by atoms with Gasteiger partial charge in [0.1, 0.15) is 0 Å². The van der Waals surface area contributed by atoms with Crippen molar-refractivity contribution in [2.75, 3.05) is 13.1 Å². The lowest BCUT2D eigenvalue weighted by Gasteiger charge is -2.32. The van der Waals surface area contributed by atoms with Crippen molar-refractivity contribution in [1.29, 1.82) is 0 Å². The van der Waals surface area contributed by atoms with Crippen molar-refractivity contribution >= 4 is 45.2 Å². The van der Waals surface area contributed by atoms with E-state index in [9.17, 15) is 14.8 Å². The van der Waals surface area contributed by atoms with Gasteiger partial charge in [-0.25, -0.2) is 0 Å².